The van der Waals surface area contributed by atoms with Crippen LogP contribution in [0.1, 0.15) is 0 Å². The molecule has 0 bridgehead atoms. The molecule has 0 N–H and O–H groups in total. The van der Waals surface area contributed by atoms with E-state index in [0.29, 0.717) is 25.0 Å². The highest BCUT2D eigenvalue weighted by atomic mass is 35.5. The van der Waals surface area contributed by atoms with Gasteiger partial charge in [0.2, 0.25) is 0 Å². The van der Waals surface area contributed by atoms with Gasteiger partial charge < -0.3 is 9.47 Å². The van der Waals surface area contributed by atoms with Crippen LogP contribution in [-0.4, -0.2) is 30.8 Å². The maximum absolute atomic E-state index is 5.53. The molecule has 0 aliphatic carbocycles. The minimum atomic E-state index is -0.691. The van der Waals surface area contributed by atoms with Gasteiger partial charge in [-0.2, -0.15) is 0 Å². The minimum absolute atomic E-state index is 0.302. The average molecular weight is 171 g/mol. The summed E-state index contributed by atoms with van der Waals surface area (Å²) in [5, 5.41) is 0. The Morgan fingerprint density at radius 2 is 1.56 bits per heavy atom. The Labute approximate surface area is 64.0 Å². The summed E-state index contributed by atoms with van der Waals surface area (Å²) in [4.78, 5) is 0. The van der Waals surface area contributed by atoms with Crippen LogP contribution < -0.4 is 0 Å². The van der Waals surface area contributed by atoms with E-state index < -0.39 is 5.79 Å². The third-order valence-corrected chi connectivity index (χ3v) is 2.04. The molecule has 2 nitrogen and oxygen atoms in total. The molecular weight excluding hydrogens is 163 g/mol. The molecule has 0 saturated carbocycles. The Bertz CT molecular complexity index is 85.0. The number of hydrogen-bond donors (Lipinski definition) is 0. The second-order valence-electron chi connectivity index (χ2n) is 1.87. The molecule has 0 radical (unpaired) electrons. The summed E-state index contributed by atoms with van der Waals surface area (Å²) in [6.07, 6.45) is 0. The molecule has 0 aromatic rings. The SMILES string of the molecule is ClCC1(CCl)OCCO1. The molecule has 0 aromatic heterocycles. The Morgan fingerprint density at radius 3 is 1.78 bits per heavy atom. The van der Waals surface area contributed by atoms with Crippen molar-refractivity contribution < 1.29 is 9.47 Å². The van der Waals surface area contributed by atoms with E-state index in [1.807, 2.05) is 0 Å². The van der Waals surface area contributed by atoms with Crippen LogP contribution in [0.4, 0.5) is 0 Å². The molecule has 9 heavy (non-hydrogen) atoms. The summed E-state index contributed by atoms with van der Waals surface area (Å²) in [5.41, 5.74) is 0. The average Bonchev–Trinajstić information content (AvgIpc) is 2.36. The smallest absolute Gasteiger partial charge is 0.195 e. The van der Waals surface area contributed by atoms with Crippen LogP contribution in [0.15, 0.2) is 0 Å². The summed E-state index contributed by atoms with van der Waals surface area (Å²) in [7, 11) is 0. The molecule has 1 aliphatic heterocycles. The molecule has 0 atom stereocenters. The number of hydrogen-bond acceptors (Lipinski definition) is 2. The fourth-order valence-electron chi connectivity index (χ4n) is 0.687. The van der Waals surface area contributed by atoms with E-state index >= 15 is 0 Å². The number of ether oxygens (including phenoxy) is 2. The number of alkyl halides is 2. The van der Waals surface area contributed by atoms with E-state index in [4.69, 9.17) is 32.7 Å². The zero-order valence-electron chi connectivity index (χ0n) is 4.90. The fourth-order valence-corrected chi connectivity index (χ4v) is 1.28. The Morgan fingerprint density at radius 1 is 1.11 bits per heavy atom. The normalized spacial score (nSPS) is 24.7. The molecule has 0 unspecified atom stereocenters. The van der Waals surface area contributed by atoms with Crippen molar-refractivity contribution >= 4 is 23.2 Å². The van der Waals surface area contributed by atoms with Crippen molar-refractivity contribution in [2.45, 2.75) is 5.79 Å². The van der Waals surface area contributed by atoms with Crippen molar-refractivity contribution in [2.75, 3.05) is 25.0 Å². The van der Waals surface area contributed by atoms with E-state index in [9.17, 15) is 0 Å². The van der Waals surface area contributed by atoms with Gasteiger partial charge in [-0.15, -0.1) is 23.2 Å². The Balaban J connectivity index is 2.45. The summed E-state index contributed by atoms with van der Waals surface area (Å²) < 4.78 is 10.3. The largest absolute Gasteiger partial charge is 0.345 e. The van der Waals surface area contributed by atoms with Crippen molar-refractivity contribution in [3.05, 3.63) is 0 Å². The van der Waals surface area contributed by atoms with Crippen molar-refractivity contribution in [2.24, 2.45) is 0 Å². The van der Waals surface area contributed by atoms with E-state index in [0.717, 1.165) is 0 Å². The van der Waals surface area contributed by atoms with Crippen LogP contribution in [-0.2, 0) is 9.47 Å². The predicted octanol–water partition coefficient (Wildman–Crippen LogP) is 1.21. The van der Waals surface area contributed by atoms with Crippen molar-refractivity contribution in [3.8, 4) is 0 Å². The van der Waals surface area contributed by atoms with Gasteiger partial charge in [0.15, 0.2) is 5.79 Å². The third kappa shape index (κ3) is 1.49. The first-order chi connectivity index (χ1) is 4.33. The van der Waals surface area contributed by atoms with Gasteiger partial charge in [-0.1, -0.05) is 0 Å². The molecule has 54 valence electrons. The topological polar surface area (TPSA) is 18.5 Å². The van der Waals surface area contributed by atoms with Gasteiger partial charge in [0.05, 0.1) is 25.0 Å². The van der Waals surface area contributed by atoms with Gasteiger partial charge in [0.25, 0.3) is 0 Å². The molecule has 1 aliphatic rings. The lowest BCUT2D eigenvalue weighted by Gasteiger charge is -2.20. The van der Waals surface area contributed by atoms with E-state index in [-0.39, 0.29) is 0 Å². The van der Waals surface area contributed by atoms with Gasteiger partial charge in [0, 0.05) is 0 Å². The van der Waals surface area contributed by atoms with Gasteiger partial charge in [-0.05, 0) is 0 Å². The maximum atomic E-state index is 5.53. The fraction of sp³-hybridized carbons (Fsp3) is 1.00. The molecule has 0 amide bonds. The molecule has 0 spiro atoms. The third-order valence-electron chi connectivity index (χ3n) is 1.22. The highest BCUT2D eigenvalue weighted by molar-refractivity contribution is 6.21. The van der Waals surface area contributed by atoms with Crippen LogP contribution in [0.3, 0.4) is 0 Å². The molecular formula is C5H8Cl2O2. The highest BCUT2D eigenvalue weighted by Gasteiger charge is 2.34. The summed E-state index contributed by atoms with van der Waals surface area (Å²) >= 11 is 11.1. The van der Waals surface area contributed by atoms with Crippen molar-refractivity contribution in [3.63, 3.8) is 0 Å². The van der Waals surface area contributed by atoms with Gasteiger partial charge in [-0.25, -0.2) is 0 Å². The Kier molecular flexibility index (Phi) is 2.59. The lowest BCUT2D eigenvalue weighted by Crippen LogP contribution is -2.34. The van der Waals surface area contributed by atoms with Gasteiger partial charge in [-0.3, -0.25) is 0 Å². The maximum Gasteiger partial charge on any atom is 0.195 e. The molecule has 0 aromatic carbocycles. The monoisotopic (exact) mass is 170 g/mol. The lowest BCUT2D eigenvalue weighted by molar-refractivity contribution is -0.119. The number of rotatable bonds is 2. The lowest BCUT2D eigenvalue weighted by atomic mass is 10.4. The predicted molar refractivity (Wildman–Crippen MR) is 36.1 cm³/mol. The first-order valence-electron chi connectivity index (χ1n) is 2.73. The highest BCUT2D eigenvalue weighted by Crippen LogP contribution is 2.21. The first-order valence-corrected chi connectivity index (χ1v) is 3.80. The molecule has 1 heterocycles. The molecule has 1 fully saturated rings. The van der Waals surface area contributed by atoms with Crippen LogP contribution in [0.5, 0.6) is 0 Å². The van der Waals surface area contributed by atoms with Crippen LogP contribution >= 0.6 is 23.2 Å². The zero-order valence-corrected chi connectivity index (χ0v) is 6.41. The van der Waals surface area contributed by atoms with E-state index in [1.165, 1.54) is 0 Å². The summed E-state index contributed by atoms with van der Waals surface area (Å²) in [6, 6.07) is 0. The summed E-state index contributed by atoms with van der Waals surface area (Å²) in [6.45, 7) is 1.19. The molecule has 4 heteroatoms. The zero-order chi connectivity index (χ0) is 6.74. The van der Waals surface area contributed by atoms with Crippen molar-refractivity contribution in [1.29, 1.82) is 0 Å². The second-order valence-corrected chi connectivity index (χ2v) is 2.41. The van der Waals surface area contributed by atoms with Crippen LogP contribution in [0.25, 0.3) is 0 Å². The van der Waals surface area contributed by atoms with Crippen LogP contribution in [0.2, 0.25) is 0 Å². The first kappa shape index (κ1) is 7.61. The molecule has 1 saturated heterocycles. The standard InChI is InChI=1S/C5H8Cl2O2/c6-3-5(4-7)8-1-2-9-5/h1-4H2. The van der Waals surface area contributed by atoms with Gasteiger partial charge >= 0.3 is 0 Å². The molecule has 1 rings (SSSR count). The van der Waals surface area contributed by atoms with Gasteiger partial charge in [0.1, 0.15) is 0 Å². The van der Waals surface area contributed by atoms with E-state index in [1.54, 1.807) is 0 Å². The van der Waals surface area contributed by atoms with Crippen molar-refractivity contribution in [1.82, 2.24) is 0 Å². The number of halogens is 2. The Hall–Kier alpha value is 0.500. The summed E-state index contributed by atoms with van der Waals surface area (Å²) in [5.74, 6) is -0.0872. The van der Waals surface area contributed by atoms with E-state index in [2.05, 4.69) is 0 Å². The minimum Gasteiger partial charge on any atom is -0.345 e. The quantitative estimate of drug-likeness (QED) is 0.581. The van der Waals surface area contributed by atoms with Crippen LogP contribution in [0, 0.1) is 0 Å². The second kappa shape index (κ2) is 3.06.